The molecule has 0 radical (unpaired) electrons. The van der Waals surface area contributed by atoms with Gasteiger partial charge in [0.2, 0.25) is 0 Å². The van der Waals surface area contributed by atoms with Crippen LogP contribution in [0.1, 0.15) is 12.1 Å². The van der Waals surface area contributed by atoms with Gasteiger partial charge in [-0.1, -0.05) is 54.6 Å². The van der Waals surface area contributed by atoms with Crippen LogP contribution in [-0.4, -0.2) is 4.98 Å². The molecule has 0 atom stereocenters. The van der Waals surface area contributed by atoms with Crippen LogP contribution < -0.4 is 0 Å². The van der Waals surface area contributed by atoms with Crippen molar-refractivity contribution < 1.29 is 0 Å². The van der Waals surface area contributed by atoms with Gasteiger partial charge in [0.1, 0.15) is 0 Å². The Kier molecular flexibility index (Phi) is 2.59. The fourth-order valence-corrected chi connectivity index (χ4v) is 2.01. The van der Waals surface area contributed by atoms with Crippen molar-refractivity contribution in [3.63, 3.8) is 0 Å². The number of allylic oxidation sites excluding steroid dienone is 6. The van der Waals surface area contributed by atoms with Crippen LogP contribution >= 0.6 is 0 Å². The number of fused-ring (bicyclic) bond motifs is 1. The van der Waals surface area contributed by atoms with Gasteiger partial charge in [-0.25, -0.2) is 4.98 Å². The second-order valence-electron chi connectivity index (χ2n) is 4.10. The van der Waals surface area contributed by atoms with Crippen molar-refractivity contribution >= 4 is 16.5 Å². The Morgan fingerprint density at radius 2 is 1.82 bits per heavy atom. The summed E-state index contributed by atoms with van der Waals surface area (Å²) >= 11 is 0. The fraction of sp³-hybridized carbons (Fsp3) is 0.0625. The van der Waals surface area contributed by atoms with Gasteiger partial charge in [0.05, 0.1) is 11.2 Å². The quantitative estimate of drug-likeness (QED) is 0.702. The van der Waals surface area contributed by atoms with Crippen LogP contribution in [0.15, 0.2) is 66.8 Å². The Hall–Kier alpha value is -2.15. The van der Waals surface area contributed by atoms with Crippen molar-refractivity contribution in [2.75, 3.05) is 0 Å². The molecule has 1 heteroatoms. The van der Waals surface area contributed by atoms with Gasteiger partial charge in [-0.05, 0) is 24.1 Å². The van der Waals surface area contributed by atoms with Crippen LogP contribution in [0.2, 0.25) is 0 Å². The molecule has 1 aromatic heterocycles. The van der Waals surface area contributed by atoms with Crippen molar-refractivity contribution in [3.8, 4) is 0 Å². The third kappa shape index (κ3) is 2.04. The number of rotatable bonds is 1. The van der Waals surface area contributed by atoms with Gasteiger partial charge in [-0.2, -0.15) is 0 Å². The van der Waals surface area contributed by atoms with E-state index in [4.69, 9.17) is 4.98 Å². The minimum Gasteiger partial charge on any atom is -0.248 e. The predicted octanol–water partition coefficient (Wildman–Crippen LogP) is 4.13. The molecule has 0 spiro atoms. The van der Waals surface area contributed by atoms with Crippen molar-refractivity contribution in [1.82, 2.24) is 4.98 Å². The van der Waals surface area contributed by atoms with E-state index in [1.54, 1.807) is 0 Å². The van der Waals surface area contributed by atoms with E-state index in [0.717, 1.165) is 17.6 Å². The molecule has 82 valence electrons. The molecule has 1 aliphatic rings. The van der Waals surface area contributed by atoms with Crippen LogP contribution in [-0.2, 0) is 0 Å². The summed E-state index contributed by atoms with van der Waals surface area (Å²) in [5, 5.41) is 1.19. The summed E-state index contributed by atoms with van der Waals surface area (Å²) in [6.07, 6.45) is 11.4. The second-order valence-corrected chi connectivity index (χ2v) is 4.10. The van der Waals surface area contributed by atoms with Gasteiger partial charge in [-0.3, -0.25) is 0 Å². The molecule has 0 amide bonds. The molecule has 0 bridgehead atoms. The molecule has 17 heavy (non-hydrogen) atoms. The first kappa shape index (κ1) is 10.0. The molecule has 1 aliphatic carbocycles. The van der Waals surface area contributed by atoms with Crippen LogP contribution in [0.4, 0.5) is 0 Å². The van der Waals surface area contributed by atoms with Gasteiger partial charge in [0.25, 0.3) is 0 Å². The normalized spacial score (nSPS) is 14.7. The summed E-state index contributed by atoms with van der Waals surface area (Å²) < 4.78 is 0. The van der Waals surface area contributed by atoms with Crippen molar-refractivity contribution in [2.24, 2.45) is 0 Å². The van der Waals surface area contributed by atoms with Gasteiger partial charge in [0, 0.05) is 5.39 Å². The van der Waals surface area contributed by atoms with Crippen LogP contribution in [0.3, 0.4) is 0 Å². The lowest BCUT2D eigenvalue weighted by molar-refractivity contribution is 1.28. The summed E-state index contributed by atoms with van der Waals surface area (Å²) in [6.45, 7) is 0. The molecule has 0 fully saturated rings. The Morgan fingerprint density at radius 1 is 0.882 bits per heavy atom. The SMILES string of the molecule is C1=CC=C(c2ccc3ccccc3n2)CC=C1. The highest BCUT2D eigenvalue weighted by Crippen LogP contribution is 2.21. The third-order valence-electron chi connectivity index (χ3n) is 2.92. The maximum atomic E-state index is 4.70. The molecule has 0 saturated carbocycles. The van der Waals surface area contributed by atoms with E-state index < -0.39 is 0 Å². The van der Waals surface area contributed by atoms with Gasteiger partial charge in [0.15, 0.2) is 0 Å². The third-order valence-corrected chi connectivity index (χ3v) is 2.92. The maximum absolute atomic E-state index is 4.70. The summed E-state index contributed by atoms with van der Waals surface area (Å²) in [5.41, 5.74) is 3.39. The van der Waals surface area contributed by atoms with Gasteiger partial charge in [-0.15, -0.1) is 0 Å². The van der Waals surface area contributed by atoms with E-state index in [2.05, 4.69) is 48.6 Å². The van der Waals surface area contributed by atoms with Crippen LogP contribution in [0, 0.1) is 0 Å². The number of hydrogen-bond acceptors (Lipinski definition) is 1. The van der Waals surface area contributed by atoms with Crippen molar-refractivity contribution in [1.29, 1.82) is 0 Å². The molecule has 1 aromatic carbocycles. The first-order valence-electron chi connectivity index (χ1n) is 5.82. The topological polar surface area (TPSA) is 12.9 Å². The lowest BCUT2D eigenvalue weighted by atomic mass is 10.1. The minimum absolute atomic E-state index is 0.943. The van der Waals surface area contributed by atoms with E-state index in [1.165, 1.54) is 11.0 Å². The Bertz CT molecular complexity index is 633. The molecule has 0 unspecified atom stereocenters. The number of para-hydroxylation sites is 1. The summed E-state index contributed by atoms with van der Waals surface area (Å²) in [6, 6.07) is 12.5. The van der Waals surface area contributed by atoms with E-state index >= 15 is 0 Å². The first-order chi connectivity index (χ1) is 8.43. The van der Waals surface area contributed by atoms with Crippen molar-refractivity contribution in [3.05, 3.63) is 72.5 Å². The minimum atomic E-state index is 0.943. The number of benzene rings is 1. The molecule has 0 N–H and O–H groups in total. The molecule has 0 saturated heterocycles. The highest BCUT2D eigenvalue weighted by molar-refractivity contribution is 5.81. The zero-order valence-electron chi connectivity index (χ0n) is 9.51. The molecule has 1 heterocycles. The maximum Gasteiger partial charge on any atom is 0.0709 e. The number of pyridine rings is 1. The van der Waals surface area contributed by atoms with E-state index in [-0.39, 0.29) is 0 Å². The number of nitrogens with zero attached hydrogens (tertiary/aromatic N) is 1. The zero-order chi connectivity index (χ0) is 11.5. The van der Waals surface area contributed by atoms with Crippen LogP contribution in [0.5, 0.6) is 0 Å². The summed E-state index contributed by atoms with van der Waals surface area (Å²) in [7, 11) is 0. The van der Waals surface area contributed by atoms with E-state index in [1.807, 2.05) is 18.2 Å². The van der Waals surface area contributed by atoms with Gasteiger partial charge < -0.3 is 0 Å². The molecule has 2 aromatic rings. The Labute approximate surface area is 101 Å². The lowest BCUT2D eigenvalue weighted by Crippen LogP contribution is -1.89. The average molecular weight is 219 g/mol. The molecular weight excluding hydrogens is 206 g/mol. The standard InChI is InChI=1S/C16H13N/c1-2-4-8-13(7-3-1)16-12-11-14-9-5-6-10-15(14)17-16/h1-7,9-12H,8H2. The largest absolute Gasteiger partial charge is 0.248 e. The summed E-state index contributed by atoms with van der Waals surface area (Å²) in [5.74, 6) is 0. The van der Waals surface area contributed by atoms with E-state index in [9.17, 15) is 0 Å². The monoisotopic (exact) mass is 219 g/mol. The second kappa shape index (κ2) is 4.38. The van der Waals surface area contributed by atoms with Crippen LogP contribution in [0.25, 0.3) is 16.5 Å². The fourth-order valence-electron chi connectivity index (χ4n) is 2.01. The predicted molar refractivity (Wildman–Crippen MR) is 72.6 cm³/mol. The molecular formula is C16H13N. The average Bonchev–Trinajstić information content (AvgIpc) is 2.67. The Morgan fingerprint density at radius 3 is 2.82 bits per heavy atom. The lowest BCUT2D eigenvalue weighted by Gasteiger charge is -2.04. The van der Waals surface area contributed by atoms with E-state index in [0.29, 0.717) is 0 Å². The molecule has 0 aliphatic heterocycles. The zero-order valence-corrected chi connectivity index (χ0v) is 9.51. The summed E-state index contributed by atoms with van der Waals surface area (Å²) in [4.78, 5) is 4.70. The highest BCUT2D eigenvalue weighted by atomic mass is 14.7. The number of hydrogen-bond donors (Lipinski definition) is 0. The first-order valence-corrected chi connectivity index (χ1v) is 5.82. The van der Waals surface area contributed by atoms with Crippen molar-refractivity contribution in [2.45, 2.75) is 6.42 Å². The molecule has 1 nitrogen and oxygen atoms in total. The number of aromatic nitrogens is 1. The van der Waals surface area contributed by atoms with Gasteiger partial charge >= 0.3 is 0 Å². The Balaban J connectivity index is 2.09. The highest BCUT2D eigenvalue weighted by Gasteiger charge is 2.03. The molecule has 3 rings (SSSR count). The smallest absolute Gasteiger partial charge is 0.0709 e.